The molecule has 0 spiro atoms. The molecule has 0 saturated carbocycles. The number of esters is 1. The fraction of sp³-hybridized carbons (Fsp3) is 0.364. The van der Waals surface area contributed by atoms with Gasteiger partial charge in [-0.1, -0.05) is 5.16 Å². The van der Waals surface area contributed by atoms with Crippen molar-refractivity contribution < 1.29 is 14.1 Å². The second-order valence-corrected chi connectivity index (χ2v) is 5.87. The lowest BCUT2D eigenvalue weighted by Crippen LogP contribution is -2.08. The summed E-state index contributed by atoms with van der Waals surface area (Å²) in [5, 5.41) is 3.66. The number of hydrogen-bond donors (Lipinski definition) is 0. The van der Waals surface area contributed by atoms with E-state index in [9.17, 15) is 4.79 Å². The van der Waals surface area contributed by atoms with Gasteiger partial charge in [0.25, 0.3) is 5.89 Å². The van der Waals surface area contributed by atoms with Gasteiger partial charge in [0, 0.05) is 9.35 Å². The fourth-order valence-corrected chi connectivity index (χ4v) is 3.05. The van der Waals surface area contributed by atoms with E-state index in [1.165, 1.54) is 11.3 Å². The molecule has 0 saturated heterocycles. The quantitative estimate of drug-likeness (QED) is 0.806. The maximum atomic E-state index is 11.9. The Morgan fingerprint density at radius 2 is 2.28 bits per heavy atom. The molecule has 0 amide bonds. The summed E-state index contributed by atoms with van der Waals surface area (Å²) in [6.07, 6.45) is -0.562. The smallest absolute Gasteiger partial charge is 0.350 e. The molecule has 2 aromatic rings. The summed E-state index contributed by atoms with van der Waals surface area (Å²) in [4.78, 5) is 17.5. The predicted molar refractivity (Wildman–Crippen MR) is 69.6 cm³/mol. The lowest BCUT2D eigenvalue weighted by Gasteiger charge is -2.07. The Hall–Kier alpha value is -1.21. The van der Waals surface area contributed by atoms with E-state index in [0.717, 1.165) is 9.35 Å². The van der Waals surface area contributed by atoms with Crippen LogP contribution in [0.5, 0.6) is 0 Å². The molecule has 96 valence electrons. The average molecular weight is 331 g/mol. The largest absolute Gasteiger partial charge is 0.448 e. The average Bonchev–Trinajstić information content (AvgIpc) is 2.84. The minimum atomic E-state index is -0.562. The highest BCUT2D eigenvalue weighted by molar-refractivity contribution is 9.10. The Morgan fingerprint density at radius 1 is 1.56 bits per heavy atom. The second-order valence-electron chi connectivity index (χ2n) is 3.76. The van der Waals surface area contributed by atoms with E-state index < -0.39 is 12.1 Å². The molecule has 0 aliphatic carbocycles. The molecule has 2 aromatic heterocycles. The van der Waals surface area contributed by atoms with E-state index in [2.05, 4.69) is 26.1 Å². The minimum Gasteiger partial charge on any atom is -0.448 e. The number of aromatic nitrogens is 2. The third kappa shape index (κ3) is 2.78. The zero-order chi connectivity index (χ0) is 13.3. The van der Waals surface area contributed by atoms with E-state index in [0.29, 0.717) is 16.6 Å². The maximum absolute atomic E-state index is 11.9. The van der Waals surface area contributed by atoms with Gasteiger partial charge in [-0.25, -0.2) is 4.79 Å². The molecule has 7 heteroatoms. The molecule has 0 bridgehead atoms. The van der Waals surface area contributed by atoms with Gasteiger partial charge in [0.1, 0.15) is 4.88 Å². The number of rotatable bonds is 3. The number of carbonyl (C=O) groups is 1. The summed E-state index contributed by atoms with van der Waals surface area (Å²) >= 11 is 4.70. The van der Waals surface area contributed by atoms with Crippen LogP contribution in [0.25, 0.3) is 0 Å². The van der Waals surface area contributed by atoms with Gasteiger partial charge in [-0.15, -0.1) is 11.3 Å². The van der Waals surface area contributed by atoms with Crippen LogP contribution in [-0.4, -0.2) is 16.1 Å². The van der Waals surface area contributed by atoms with E-state index in [1.807, 2.05) is 13.0 Å². The van der Waals surface area contributed by atoms with Crippen LogP contribution in [0, 0.1) is 13.8 Å². The number of aryl methyl sites for hydroxylation is 2. The van der Waals surface area contributed by atoms with Crippen molar-refractivity contribution in [2.75, 3.05) is 0 Å². The van der Waals surface area contributed by atoms with E-state index in [1.54, 1.807) is 13.8 Å². The van der Waals surface area contributed by atoms with Crippen molar-refractivity contribution in [2.24, 2.45) is 0 Å². The number of nitrogens with zero attached hydrogens (tertiary/aromatic N) is 2. The first-order valence-electron chi connectivity index (χ1n) is 5.24. The molecular formula is C11H11BrN2O3S. The summed E-state index contributed by atoms with van der Waals surface area (Å²) in [5.74, 6) is 0.412. The monoisotopic (exact) mass is 330 g/mol. The van der Waals surface area contributed by atoms with E-state index in [4.69, 9.17) is 9.26 Å². The van der Waals surface area contributed by atoms with Gasteiger partial charge in [0.15, 0.2) is 11.9 Å². The Balaban J connectivity index is 2.10. The molecule has 0 radical (unpaired) electrons. The standard InChI is InChI=1S/C11H11BrN2O3S/c1-5-4-8(12)9(18-5)11(15)16-6(2)10-13-7(3)14-17-10/h4,6H,1-3H3. The van der Waals surface area contributed by atoms with Crippen LogP contribution in [0.3, 0.4) is 0 Å². The number of ether oxygens (including phenoxy) is 1. The highest BCUT2D eigenvalue weighted by atomic mass is 79.9. The molecule has 5 nitrogen and oxygen atoms in total. The number of carbonyl (C=O) groups excluding carboxylic acids is 1. The fourth-order valence-electron chi connectivity index (χ4n) is 1.37. The lowest BCUT2D eigenvalue weighted by atomic mass is 10.4. The van der Waals surface area contributed by atoms with Crippen molar-refractivity contribution in [1.82, 2.24) is 10.1 Å². The normalized spacial score (nSPS) is 12.4. The first-order chi connectivity index (χ1) is 8.47. The van der Waals surface area contributed by atoms with Crippen LogP contribution in [0.4, 0.5) is 0 Å². The molecule has 1 unspecified atom stereocenters. The molecule has 0 aliphatic rings. The molecule has 0 fully saturated rings. The minimum absolute atomic E-state index is 0.297. The number of hydrogen-bond acceptors (Lipinski definition) is 6. The van der Waals surface area contributed by atoms with Gasteiger partial charge in [0.2, 0.25) is 0 Å². The first kappa shape index (κ1) is 13.2. The number of halogens is 1. The zero-order valence-corrected chi connectivity index (χ0v) is 12.5. The summed E-state index contributed by atoms with van der Waals surface area (Å²) in [5.41, 5.74) is 0. The third-order valence-electron chi connectivity index (χ3n) is 2.17. The van der Waals surface area contributed by atoms with Crippen molar-refractivity contribution in [1.29, 1.82) is 0 Å². The van der Waals surface area contributed by atoms with Crippen LogP contribution in [0.15, 0.2) is 15.1 Å². The first-order valence-corrected chi connectivity index (χ1v) is 6.85. The van der Waals surface area contributed by atoms with E-state index >= 15 is 0 Å². The molecule has 0 aliphatic heterocycles. The van der Waals surface area contributed by atoms with Crippen LogP contribution in [-0.2, 0) is 4.74 Å². The van der Waals surface area contributed by atoms with Crippen molar-refractivity contribution in [3.63, 3.8) is 0 Å². The predicted octanol–water partition coefficient (Wildman–Crippen LogP) is 3.43. The van der Waals surface area contributed by atoms with Crippen LogP contribution in [0.2, 0.25) is 0 Å². The Morgan fingerprint density at radius 3 is 2.78 bits per heavy atom. The van der Waals surface area contributed by atoms with Gasteiger partial charge in [0.05, 0.1) is 0 Å². The van der Waals surface area contributed by atoms with Gasteiger partial charge >= 0.3 is 5.97 Å². The highest BCUT2D eigenvalue weighted by Gasteiger charge is 2.21. The molecule has 0 N–H and O–H groups in total. The van der Waals surface area contributed by atoms with Gasteiger partial charge in [-0.05, 0) is 42.8 Å². The summed E-state index contributed by atoms with van der Waals surface area (Å²) in [6, 6.07) is 1.88. The van der Waals surface area contributed by atoms with Crippen molar-refractivity contribution in [2.45, 2.75) is 26.9 Å². The highest BCUT2D eigenvalue weighted by Crippen LogP contribution is 2.29. The van der Waals surface area contributed by atoms with Crippen LogP contribution < -0.4 is 0 Å². The van der Waals surface area contributed by atoms with Crippen molar-refractivity contribution in [3.05, 3.63) is 32.0 Å². The summed E-state index contributed by atoms with van der Waals surface area (Å²) in [7, 11) is 0. The molecule has 1 atom stereocenters. The van der Waals surface area contributed by atoms with E-state index in [-0.39, 0.29) is 0 Å². The van der Waals surface area contributed by atoms with Gasteiger partial charge in [-0.2, -0.15) is 4.98 Å². The third-order valence-corrected chi connectivity index (χ3v) is 4.09. The Labute approximate surface area is 116 Å². The summed E-state index contributed by atoms with van der Waals surface area (Å²) < 4.78 is 11.0. The molecule has 2 rings (SSSR count). The Kier molecular flexibility index (Phi) is 3.82. The van der Waals surface area contributed by atoms with Crippen molar-refractivity contribution in [3.8, 4) is 0 Å². The number of thiophene rings is 1. The molecule has 18 heavy (non-hydrogen) atoms. The van der Waals surface area contributed by atoms with Crippen LogP contribution >= 0.6 is 27.3 Å². The molecule has 2 heterocycles. The molecule has 0 aromatic carbocycles. The topological polar surface area (TPSA) is 65.2 Å². The second kappa shape index (κ2) is 5.19. The maximum Gasteiger partial charge on any atom is 0.350 e. The van der Waals surface area contributed by atoms with Crippen molar-refractivity contribution >= 4 is 33.2 Å². The lowest BCUT2D eigenvalue weighted by molar-refractivity contribution is 0.0270. The SMILES string of the molecule is Cc1noc(C(C)OC(=O)c2sc(C)cc2Br)n1. The summed E-state index contributed by atoms with van der Waals surface area (Å²) in [6.45, 7) is 5.33. The molecular weight excluding hydrogens is 320 g/mol. The zero-order valence-electron chi connectivity index (χ0n) is 10.1. The Bertz CT molecular complexity index is 579. The van der Waals surface area contributed by atoms with Gasteiger partial charge < -0.3 is 9.26 Å². The van der Waals surface area contributed by atoms with Crippen LogP contribution in [0.1, 0.15) is 39.3 Å². The van der Waals surface area contributed by atoms with Gasteiger partial charge in [-0.3, -0.25) is 0 Å².